The first-order valence-corrected chi connectivity index (χ1v) is 9.87. The average molecular weight is 407 g/mol. The predicted molar refractivity (Wildman–Crippen MR) is 115 cm³/mol. The Morgan fingerprint density at radius 3 is 2.50 bits per heavy atom. The molecule has 6 nitrogen and oxygen atoms in total. The Morgan fingerprint density at radius 1 is 1.07 bits per heavy atom. The number of unbranched alkanes of at least 4 members (excludes halogenated alkanes) is 1. The average Bonchev–Trinajstić information content (AvgIpc) is 2.77. The Morgan fingerprint density at radius 2 is 1.83 bits per heavy atom. The van der Waals surface area contributed by atoms with Crippen molar-refractivity contribution in [2.45, 2.75) is 32.9 Å². The van der Waals surface area contributed by atoms with Gasteiger partial charge in [-0.05, 0) is 36.2 Å². The Hall–Kier alpha value is -3.54. The molecule has 0 saturated carbocycles. The fourth-order valence-electron chi connectivity index (χ4n) is 3.24. The number of ether oxygens (including phenoxy) is 2. The van der Waals surface area contributed by atoms with Gasteiger partial charge >= 0.3 is 5.97 Å². The van der Waals surface area contributed by atoms with Crippen molar-refractivity contribution >= 4 is 5.97 Å². The standard InChI is InChI=1S/C24H25NO5/c1-3-4-13-25-14-12-19(22(23(25)26)24(27)28)20-15-18(10-11-21(20)29-2)30-16-17-8-6-5-7-9-17/h5-12,14-15H,3-4,13,16H2,1-2H3,(H,27,28). The van der Waals surface area contributed by atoms with Crippen LogP contribution in [-0.4, -0.2) is 22.8 Å². The van der Waals surface area contributed by atoms with E-state index in [2.05, 4.69) is 0 Å². The van der Waals surface area contributed by atoms with E-state index in [1.807, 2.05) is 37.3 Å². The van der Waals surface area contributed by atoms with Gasteiger partial charge in [-0.25, -0.2) is 4.79 Å². The second-order valence-corrected chi connectivity index (χ2v) is 6.90. The molecule has 0 fully saturated rings. The normalized spacial score (nSPS) is 10.6. The van der Waals surface area contributed by atoms with Crippen molar-refractivity contribution in [1.82, 2.24) is 4.57 Å². The number of nitrogens with zero attached hydrogens (tertiary/aromatic N) is 1. The molecule has 156 valence electrons. The number of aromatic carboxylic acids is 1. The molecule has 0 aliphatic carbocycles. The minimum Gasteiger partial charge on any atom is -0.496 e. The monoisotopic (exact) mass is 407 g/mol. The van der Waals surface area contributed by atoms with Crippen LogP contribution in [-0.2, 0) is 13.2 Å². The van der Waals surface area contributed by atoms with Crippen molar-refractivity contribution in [3.63, 3.8) is 0 Å². The third kappa shape index (κ3) is 4.71. The van der Waals surface area contributed by atoms with E-state index in [-0.39, 0.29) is 5.56 Å². The summed E-state index contributed by atoms with van der Waals surface area (Å²) in [6, 6.07) is 16.6. The van der Waals surface area contributed by atoms with Crippen LogP contribution in [0, 0.1) is 0 Å². The first-order valence-electron chi connectivity index (χ1n) is 9.87. The first kappa shape index (κ1) is 21.2. The summed E-state index contributed by atoms with van der Waals surface area (Å²) >= 11 is 0. The van der Waals surface area contributed by atoms with Crippen LogP contribution in [0.1, 0.15) is 35.7 Å². The number of benzene rings is 2. The minimum atomic E-state index is -1.27. The number of hydrogen-bond acceptors (Lipinski definition) is 4. The maximum Gasteiger partial charge on any atom is 0.341 e. The van der Waals surface area contributed by atoms with Crippen molar-refractivity contribution < 1.29 is 19.4 Å². The van der Waals surface area contributed by atoms with Gasteiger partial charge in [0, 0.05) is 23.9 Å². The largest absolute Gasteiger partial charge is 0.496 e. The van der Waals surface area contributed by atoms with Gasteiger partial charge < -0.3 is 19.1 Å². The summed E-state index contributed by atoms with van der Waals surface area (Å²) in [6.45, 7) is 2.87. The number of methoxy groups -OCH3 is 1. The lowest BCUT2D eigenvalue weighted by molar-refractivity contribution is 0.0695. The highest BCUT2D eigenvalue weighted by molar-refractivity contribution is 5.96. The molecule has 0 spiro atoms. The molecule has 6 heteroatoms. The maximum atomic E-state index is 12.8. The van der Waals surface area contributed by atoms with Crippen molar-refractivity contribution in [2.24, 2.45) is 0 Å². The van der Waals surface area contributed by atoms with E-state index in [1.165, 1.54) is 11.7 Å². The third-order valence-corrected chi connectivity index (χ3v) is 4.84. The Bertz CT molecular complexity index is 1070. The summed E-state index contributed by atoms with van der Waals surface area (Å²) in [6.07, 6.45) is 3.34. The van der Waals surface area contributed by atoms with Gasteiger partial charge in [-0.1, -0.05) is 43.7 Å². The molecule has 3 aromatic rings. The number of carboxylic acids is 1. The highest BCUT2D eigenvalue weighted by Crippen LogP contribution is 2.35. The van der Waals surface area contributed by atoms with E-state index >= 15 is 0 Å². The summed E-state index contributed by atoms with van der Waals surface area (Å²) in [4.78, 5) is 24.8. The van der Waals surface area contributed by atoms with E-state index in [4.69, 9.17) is 9.47 Å². The van der Waals surface area contributed by atoms with E-state index in [1.54, 1.807) is 30.5 Å². The summed E-state index contributed by atoms with van der Waals surface area (Å²) in [7, 11) is 1.51. The van der Waals surface area contributed by atoms with Crippen molar-refractivity contribution in [3.05, 3.63) is 82.3 Å². The number of carbonyl (C=O) groups is 1. The van der Waals surface area contributed by atoms with Gasteiger partial charge in [-0.3, -0.25) is 4.79 Å². The topological polar surface area (TPSA) is 77.8 Å². The Kier molecular flexibility index (Phi) is 6.91. The number of rotatable bonds is 9. The fourth-order valence-corrected chi connectivity index (χ4v) is 3.24. The van der Waals surface area contributed by atoms with Crippen LogP contribution in [0.3, 0.4) is 0 Å². The first-order chi connectivity index (χ1) is 14.5. The zero-order valence-electron chi connectivity index (χ0n) is 17.1. The highest BCUT2D eigenvalue weighted by Gasteiger charge is 2.21. The Balaban J connectivity index is 2.02. The number of aryl methyl sites for hydroxylation is 1. The molecular weight excluding hydrogens is 382 g/mol. The lowest BCUT2D eigenvalue weighted by Gasteiger charge is -2.15. The van der Waals surface area contributed by atoms with Gasteiger partial charge in [0.1, 0.15) is 23.7 Å². The molecule has 0 unspecified atom stereocenters. The maximum absolute atomic E-state index is 12.8. The lowest BCUT2D eigenvalue weighted by atomic mass is 10.00. The zero-order valence-corrected chi connectivity index (χ0v) is 17.1. The summed E-state index contributed by atoms with van der Waals surface area (Å²) in [5.74, 6) is -0.241. The fraction of sp³-hybridized carbons (Fsp3) is 0.250. The smallest absolute Gasteiger partial charge is 0.341 e. The van der Waals surface area contributed by atoms with Crippen LogP contribution in [0.4, 0.5) is 0 Å². The van der Waals surface area contributed by atoms with Crippen molar-refractivity contribution in [2.75, 3.05) is 7.11 Å². The van der Waals surface area contributed by atoms with Crippen LogP contribution in [0.5, 0.6) is 11.5 Å². The molecule has 0 aliphatic rings. The number of carboxylic acid groups (broad SMARTS) is 1. The van der Waals surface area contributed by atoms with Gasteiger partial charge in [0.15, 0.2) is 0 Å². The second-order valence-electron chi connectivity index (χ2n) is 6.90. The molecule has 3 rings (SSSR count). The summed E-state index contributed by atoms with van der Waals surface area (Å²) in [5.41, 5.74) is 1.03. The van der Waals surface area contributed by atoms with Crippen LogP contribution in [0.2, 0.25) is 0 Å². The van der Waals surface area contributed by atoms with Crippen molar-refractivity contribution in [3.8, 4) is 22.6 Å². The van der Waals surface area contributed by atoms with Gasteiger partial charge in [-0.2, -0.15) is 0 Å². The molecule has 0 aliphatic heterocycles. The van der Waals surface area contributed by atoms with E-state index in [9.17, 15) is 14.7 Å². The Labute approximate surface area is 175 Å². The number of hydrogen-bond donors (Lipinski definition) is 1. The predicted octanol–water partition coefficient (Wildman–Crippen LogP) is 4.60. The molecule has 2 aromatic carbocycles. The van der Waals surface area contributed by atoms with Crippen LogP contribution in [0.25, 0.3) is 11.1 Å². The number of aromatic nitrogens is 1. The van der Waals surface area contributed by atoms with Gasteiger partial charge in [0.2, 0.25) is 0 Å². The van der Waals surface area contributed by atoms with Gasteiger partial charge in [-0.15, -0.1) is 0 Å². The summed E-state index contributed by atoms with van der Waals surface area (Å²) < 4.78 is 12.7. The second kappa shape index (κ2) is 9.78. The van der Waals surface area contributed by atoms with Crippen LogP contribution >= 0.6 is 0 Å². The molecule has 1 aromatic heterocycles. The number of pyridine rings is 1. The quantitative estimate of drug-likeness (QED) is 0.561. The summed E-state index contributed by atoms with van der Waals surface area (Å²) in [5, 5.41) is 9.76. The SMILES string of the molecule is CCCCn1ccc(-c2cc(OCc3ccccc3)ccc2OC)c(C(=O)O)c1=O. The molecular formula is C24H25NO5. The van der Waals surface area contributed by atoms with Crippen LogP contribution < -0.4 is 15.0 Å². The van der Waals surface area contributed by atoms with E-state index < -0.39 is 11.5 Å². The molecule has 0 amide bonds. The molecule has 1 N–H and O–H groups in total. The molecule has 0 atom stereocenters. The minimum absolute atomic E-state index is 0.271. The molecule has 0 radical (unpaired) electrons. The van der Waals surface area contributed by atoms with Gasteiger partial charge in [0.05, 0.1) is 7.11 Å². The zero-order chi connectivity index (χ0) is 21.5. The van der Waals surface area contributed by atoms with Crippen LogP contribution in [0.15, 0.2) is 65.6 Å². The third-order valence-electron chi connectivity index (χ3n) is 4.84. The van der Waals surface area contributed by atoms with E-state index in [0.717, 1.165) is 18.4 Å². The molecule has 0 saturated heterocycles. The van der Waals surface area contributed by atoms with Crippen molar-refractivity contribution in [1.29, 1.82) is 0 Å². The highest BCUT2D eigenvalue weighted by atomic mass is 16.5. The lowest BCUT2D eigenvalue weighted by Crippen LogP contribution is -2.27. The van der Waals surface area contributed by atoms with Gasteiger partial charge in [0.25, 0.3) is 5.56 Å². The molecule has 30 heavy (non-hydrogen) atoms. The molecule has 1 heterocycles. The molecule has 0 bridgehead atoms. The van der Waals surface area contributed by atoms with E-state index in [0.29, 0.717) is 35.8 Å².